The van der Waals surface area contributed by atoms with E-state index in [2.05, 4.69) is 10.2 Å². The maximum Gasteiger partial charge on any atom is 0.282 e. The van der Waals surface area contributed by atoms with Gasteiger partial charge in [0, 0.05) is 24.2 Å². The molecule has 0 aliphatic heterocycles. The van der Waals surface area contributed by atoms with E-state index in [0.717, 1.165) is 0 Å². The minimum Gasteiger partial charge on any atom is -0.295 e. The second-order valence-corrected chi connectivity index (χ2v) is 7.52. The summed E-state index contributed by atoms with van der Waals surface area (Å²) in [5.41, 5.74) is 1.20. The molecule has 0 aliphatic carbocycles. The van der Waals surface area contributed by atoms with E-state index in [4.69, 9.17) is 0 Å². The van der Waals surface area contributed by atoms with Crippen molar-refractivity contribution in [2.45, 2.75) is 26.7 Å². The van der Waals surface area contributed by atoms with Crippen molar-refractivity contribution in [1.29, 1.82) is 0 Å². The van der Waals surface area contributed by atoms with Crippen molar-refractivity contribution >= 4 is 11.6 Å². The summed E-state index contributed by atoms with van der Waals surface area (Å²) in [4.78, 5) is 51.1. The normalized spacial score (nSPS) is 10.9. The Morgan fingerprint density at radius 1 is 0.656 bits per heavy atom. The molecule has 4 rings (SSSR count). The molecule has 8 nitrogen and oxygen atoms in total. The van der Waals surface area contributed by atoms with Crippen molar-refractivity contribution in [2.75, 3.05) is 0 Å². The van der Waals surface area contributed by atoms with Crippen molar-refractivity contribution in [2.24, 2.45) is 0 Å². The standard InChI is InChI=1S/C24H22N4O4/c1-15-21(23(31)27(25-15)17-9-5-3-6-10-17)19(29)13-14-20(30)22-16(2)26-28(24(22)32)18-11-7-4-8-12-18/h3-12,25-26H,13-14H2,1-2H3. The summed E-state index contributed by atoms with van der Waals surface area (Å²) in [6.07, 6.45) is -0.339. The molecule has 0 radical (unpaired) electrons. The molecule has 0 aliphatic rings. The van der Waals surface area contributed by atoms with Gasteiger partial charge in [0.1, 0.15) is 11.1 Å². The summed E-state index contributed by atoms with van der Waals surface area (Å²) >= 11 is 0. The zero-order chi connectivity index (χ0) is 22.8. The molecule has 0 atom stereocenters. The highest BCUT2D eigenvalue weighted by Gasteiger charge is 2.23. The van der Waals surface area contributed by atoms with Gasteiger partial charge < -0.3 is 0 Å². The molecule has 4 aromatic rings. The molecule has 2 aromatic heterocycles. The van der Waals surface area contributed by atoms with E-state index in [9.17, 15) is 19.2 Å². The smallest absolute Gasteiger partial charge is 0.282 e. The van der Waals surface area contributed by atoms with E-state index in [1.165, 1.54) is 9.36 Å². The fourth-order valence-electron chi connectivity index (χ4n) is 3.74. The van der Waals surface area contributed by atoms with Crippen molar-refractivity contribution in [3.63, 3.8) is 0 Å². The number of nitrogens with zero attached hydrogens (tertiary/aromatic N) is 2. The minimum atomic E-state index is -0.463. The molecule has 0 amide bonds. The molecular weight excluding hydrogens is 408 g/mol. The van der Waals surface area contributed by atoms with Crippen molar-refractivity contribution in [3.05, 3.63) is 104 Å². The molecule has 2 N–H and O–H groups in total. The average molecular weight is 430 g/mol. The van der Waals surface area contributed by atoms with E-state index in [-0.39, 0.29) is 24.0 Å². The second kappa shape index (κ2) is 8.50. The summed E-state index contributed by atoms with van der Waals surface area (Å²) in [6, 6.07) is 17.8. The van der Waals surface area contributed by atoms with Crippen LogP contribution in [0.2, 0.25) is 0 Å². The van der Waals surface area contributed by atoms with Crippen molar-refractivity contribution in [3.8, 4) is 11.4 Å². The van der Waals surface area contributed by atoms with Gasteiger partial charge in [0.15, 0.2) is 11.6 Å². The van der Waals surface area contributed by atoms with Gasteiger partial charge in [0.25, 0.3) is 11.1 Å². The average Bonchev–Trinajstić information content (AvgIpc) is 3.27. The molecule has 162 valence electrons. The quantitative estimate of drug-likeness (QED) is 0.439. The van der Waals surface area contributed by atoms with Crippen LogP contribution in [-0.2, 0) is 0 Å². The number of carbonyl (C=O) groups excluding carboxylic acids is 2. The largest absolute Gasteiger partial charge is 0.295 e. The Bertz CT molecular complexity index is 1300. The zero-order valence-electron chi connectivity index (χ0n) is 17.7. The monoisotopic (exact) mass is 430 g/mol. The predicted octanol–water partition coefficient (Wildman–Crippen LogP) is 3.11. The zero-order valence-corrected chi connectivity index (χ0v) is 17.7. The summed E-state index contributed by atoms with van der Waals surface area (Å²) in [5.74, 6) is -0.883. The highest BCUT2D eigenvalue weighted by Crippen LogP contribution is 2.13. The van der Waals surface area contributed by atoms with Crippen LogP contribution in [0.4, 0.5) is 0 Å². The maximum absolute atomic E-state index is 12.8. The van der Waals surface area contributed by atoms with Gasteiger partial charge in [-0.05, 0) is 38.1 Å². The minimum absolute atomic E-state index is 0.0224. The van der Waals surface area contributed by atoms with Crippen LogP contribution in [0.5, 0.6) is 0 Å². The molecule has 0 saturated heterocycles. The Balaban J connectivity index is 1.54. The molecule has 0 unspecified atom stereocenters. The Kier molecular flexibility index (Phi) is 5.59. The summed E-state index contributed by atoms with van der Waals surface area (Å²) < 4.78 is 2.61. The Hall–Kier alpha value is -4.20. The van der Waals surface area contributed by atoms with Crippen LogP contribution in [0, 0.1) is 13.8 Å². The number of hydrogen-bond acceptors (Lipinski definition) is 4. The molecule has 0 fully saturated rings. The predicted molar refractivity (Wildman–Crippen MR) is 120 cm³/mol. The molecule has 32 heavy (non-hydrogen) atoms. The van der Waals surface area contributed by atoms with Gasteiger partial charge in [0.2, 0.25) is 0 Å². The molecule has 2 aromatic carbocycles. The van der Waals surface area contributed by atoms with Gasteiger partial charge >= 0.3 is 0 Å². The molecule has 2 heterocycles. The van der Waals surface area contributed by atoms with Crippen molar-refractivity contribution < 1.29 is 9.59 Å². The number of aromatic nitrogens is 4. The second-order valence-electron chi connectivity index (χ2n) is 7.52. The number of H-pyrrole nitrogens is 2. The number of nitrogens with one attached hydrogen (secondary N) is 2. The highest BCUT2D eigenvalue weighted by molar-refractivity contribution is 6.02. The number of Topliss-reactive ketones (excluding diaryl/α,β-unsaturated/α-hetero) is 2. The number of aryl methyl sites for hydroxylation is 2. The molecule has 0 spiro atoms. The number of rotatable bonds is 7. The highest BCUT2D eigenvalue weighted by atomic mass is 16.2. The van der Waals surface area contributed by atoms with Crippen molar-refractivity contribution in [1.82, 2.24) is 19.6 Å². The number of hydrogen-bond donors (Lipinski definition) is 2. The van der Waals surface area contributed by atoms with Crippen LogP contribution in [0.15, 0.2) is 70.3 Å². The first-order valence-corrected chi connectivity index (χ1v) is 10.2. The first kappa shape index (κ1) is 21.0. The number of benzene rings is 2. The lowest BCUT2D eigenvalue weighted by atomic mass is 10.0. The van der Waals surface area contributed by atoms with Crippen LogP contribution in [0.1, 0.15) is 44.9 Å². The van der Waals surface area contributed by atoms with Crippen LogP contribution >= 0.6 is 0 Å². The first-order chi connectivity index (χ1) is 15.4. The van der Waals surface area contributed by atoms with E-state index in [1.54, 1.807) is 62.4 Å². The number of carbonyl (C=O) groups is 2. The van der Waals surface area contributed by atoms with E-state index < -0.39 is 22.7 Å². The van der Waals surface area contributed by atoms with Crippen LogP contribution < -0.4 is 11.1 Å². The van der Waals surface area contributed by atoms with E-state index in [1.807, 2.05) is 12.1 Å². The van der Waals surface area contributed by atoms with Crippen LogP contribution in [0.25, 0.3) is 11.4 Å². The lowest BCUT2D eigenvalue weighted by Crippen LogP contribution is -2.22. The van der Waals surface area contributed by atoms with Gasteiger partial charge in [0.05, 0.1) is 11.4 Å². The Morgan fingerprint density at radius 3 is 1.34 bits per heavy atom. The molecule has 0 saturated carbocycles. The van der Waals surface area contributed by atoms with Crippen LogP contribution in [-0.4, -0.2) is 31.1 Å². The molecular formula is C24H22N4O4. The van der Waals surface area contributed by atoms with E-state index >= 15 is 0 Å². The fraction of sp³-hybridized carbons (Fsp3) is 0.167. The van der Waals surface area contributed by atoms with Crippen LogP contribution in [0.3, 0.4) is 0 Å². The number of aromatic amines is 2. The maximum atomic E-state index is 12.8. The third kappa shape index (κ3) is 3.78. The van der Waals surface area contributed by atoms with Gasteiger partial charge in [-0.3, -0.25) is 29.4 Å². The summed E-state index contributed by atoms with van der Waals surface area (Å²) in [7, 11) is 0. The fourth-order valence-corrected chi connectivity index (χ4v) is 3.74. The van der Waals surface area contributed by atoms with Gasteiger partial charge in [-0.2, -0.15) is 0 Å². The summed E-state index contributed by atoms with van der Waals surface area (Å²) in [5, 5.41) is 5.82. The van der Waals surface area contributed by atoms with E-state index in [0.29, 0.717) is 22.8 Å². The van der Waals surface area contributed by atoms with Gasteiger partial charge in [-0.15, -0.1) is 0 Å². The van der Waals surface area contributed by atoms with Gasteiger partial charge in [-0.1, -0.05) is 36.4 Å². The van der Waals surface area contributed by atoms with Gasteiger partial charge in [-0.25, -0.2) is 9.36 Å². The SMILES string of the molecule is Cc1[nH]n(-c2ccccc2)c(=O)c1C(=O)CCC(=O)c1c(C)[nH]n(-c2ccccc2)c1=O. The molecule has 8 heteroatoms. The summed E-state index contributed by atoms with van der Waals surface area (Å²) in [6.45, 7) is 3.29. The topological polar surface area (TPSA) is 110 Å². The first-order valence-electron chi connectivity index (χ1n) is 10.2. The Morgan fingerprint density at radius 2 is 1.00 bits per heavy atom. The number of para-hydroxylation sites is 2. The third-order valence-corrected chi connectivity index (χ3v) is 5.31. The lowest BCUT2D eigenvalue weighted by molar-refractivity contribution is 0.0915. The Labute approximate surface area is 183 Å². The lowest BCUT2D eigenvalue weighted by Gasteiger charge is -2.00. The third-order valence-electron chi connectivity index (χ3n) is 5.31. The number of ketones is 2. The molecule has 0 bridgehead atoms.